The lowest BCUT2D eigenvalue weighted by Gasteiger charge is -2.32. The van der Waals surface area contributed by atoms with Crippen molar-refractivity contribution in [3.63, 3.8) is 0 Å². The van der Waals surface area contributed by atoms with Gasteiger partial charge in [0.25, 0.3) is 5.91 Å². The lowest BCUT2D eigenvalue weighted by Crippen LogP contribution is -2.34. The van der Waals surface area contributed by atoms with Crippen molar-refractivity contribution in [2.75, 3.05) is 31.5 Å². The predicted molar refractivity (Wildman–Crippen MR) is 168 cm³/mol. The molecule has 3 heterocycles. The number of amides is 2. The van der Waals surface area contributed by atoms with Gasteiger partial charge in [0, 0.05) is 42.3 Å². The van der Waals surface area contributed by atoms with E-state index in [9.17, 15) is 9.59 Å². The van der Waals surface area contributed by atoms with Crippen LogP contribution in [-0.2, 0) is 4.79 Å². The molecule has 0 radical (unpaired) electrons. The van der Waals surface area contributed by atoms with Gasteiger partial charge < -0.3 is 20.0 Å². The number of carbonyl (C=O) groups excluding carboxylic acids is 2. The number of likely N-dealkylation sites (tertiary alicyclic amines) is 1. The molecular formula is C35H36N4O3. The number of unbranched alkanes of at least 4 members (excludes halogenated alkanes) is 1. The van der Waals surface area contributed by atoms with Crippen LogP contribution in [0.15, 0.2) is 89.6 Å². The minimum Gasteiger partial charge on any atom is -0.450 e. The van der Waals surface area contributed by atoms with Crippen LogP contribution in [0.4, 0.5) is 5.69 Å². The largest absolute Gasteiger partial charge is 0.450 e. The van der Waals surface area contributed by atoms with Gasteiger partial charge in [-0.2, -0.15) is 0 Å². The monoisotopic (exact) mass is 560 g/mol. The molecule has 0 unspecified atom stereocenters. The van der Waals surface area contributed by atoms with Gasteiger partial charge in [-0.05, 0) is 110 Å². The van der Waals surface area contributed by atoms with Crippen LogP contribution >= 0.6 is 0 Å². The van der Waals surface area contributed by atoms with Gasteiger partial charge in [-0.3, -0.25) is 14.6 Å². The molecule has 214 valence electrons. The number of benzene rings is 3. The molecule has 7 nitrogen and oxygen atoms in total. The molecule has 1 saturated heterocycles. The van der Waals surface area contributed by atoms with Gasteiger partial charge in [-0.15, -0.1) is 0 Å². The second-order valence-corrected chi connectivity index (χ2v) is 11.1. The number of furan rings is 1. The Hall–Kier alpha value is -4.49. The van der Waals surface area contributed by atoms with Crippen LogP contribution < -0.4 is 10.6 Å². The Bertz CT molecular complexity index is 1700. The number of anilines is 1. The highest BCUT2D eigenvalue weighted by atomic mass is 16.3. The molecule has 0 atom stereocenters. The van der Waals surface area contributed by atoms with E-state index in [0.29, 0.717) is 18.2 Å². The molecule has 1 fully saturated rings. The van der Waals surface area contributed by atoms with E-state index >= 15 is 0 Å². The summed E-state index contributed by atoms with van der Waals surface area (Å²) in [6.07, 6.45) is 7.76. The van der Waals surface area contributed by atoms with Crippen LogP contribution in [0.1, 0.15) is 54.6 Å². The van der Waals surface area contributed by atoms with Crippen LogP contribution in [0, 0.1) is 0 Å². The molecule has 1 aliphatic rings. The number of hydrogen-bond acceptors (Lipinski definition) is 5. The van der Waals surface area contributed by atoms with Gasteiger partial charge in [0.1, 0.15) is 5.58 Å². The Labute approximate surface area is 245 Å². The molecular weight excluding hydrogens is 524 g/mol. The maximum absolute atomic E-state index is 13.0. The minimum absolute atomic E-state index is 0.0417. The molecule has 2 N–H and O–H groups in total. The zero-order chi connectivity index (χ0) is 28.9. The van der Waals surface area contributed by atoms with E-state index < -0.39 is 0 Å². The normalized spacial score (nSPS) is 14.3. The quantitative estimate of drug-likeness (QED) is 0.190. The van der Waals surface area contributed by atoms with Crippen molar-refractivity contribution in [1.82, 2.24) is 15.2 Å². The average Bonchev–Trinajstić information content (AvgIpc) is 3.46. The maximum atomic E-state index is 13.0. The number of carbonyl (C=O) groups is 2. The van der Waals surface area contributed by atoms with Crippen LogP contribution in [0.2, 0.25) is 0 Å². The third-order valence-corrected chi connectivity index (χ3v) is 8.19. The Morgan fingerprint density at radius 2 is 1.71 bits per heavy atom. The van der Waals surface area contributed by atoms with E-state index in [-0.39, 0.29) is 11.8 Å². The van der Waals surface area contributed by atoms with Gasteiger partial charge in [-0.1, -0.05) is 36.4 Å². The fourth-order valence-corrected chi connectivity index (χ4v) is 6.07. The first kappa shape index (κ1) is 27.7. The van der Waals surface area contributed by atoms with Crippen LogP contribution in [0.25, 0.3) is 32.9 Å². The molecule has 5 aromatic rings. The average molecular weight is 561 g/mol. The zero-order valence-corrected chi connectivity index (χ0v) is 23.9. The number of aromatic nitrogens is 1. The van der Waals surface area contributed by atoms with Crippen molar-refractivity contribution in [3.8, 4) is 11.1 Å². The molecule has 2 amide bonds. The van der Waals surface area contributed by atoms with Gasteiger partial charge in [0.15, 0.2) is 5.76 Å². The Morgan fingerprint density at radius 1 is 0.929 bits per heavy atom. The Morgan fingerprint density at radius 3 is 2.50 bits per heavy atom. The summed E-state index contributed by atoms with van der Waals surface area (Å²) < 4.78 is 6.11. The number of pyridine rings is 1. The summed E-state index contributed by atoms with van der Waals surface area (Å²) in [7, 11) is 0. The third-order valence-electron chi connectivity index (χ3n) is 8.19. The molecule has 42 heavy (non-hydrogen) atoms. The summed E-state index contributed by atoms with van der Waals surface area (Å²) in [5.41, 5.74) is 5.08. The zero-order valence-electron chi connectivity index (χ0n) is 23.9. The predicted octanol–water partition coefficient (Wildman–Crippen LogP) is 7.00. The second kappa shape index (κ2) is 12.6. The summed E-state index contributed by atoms with van der Waals surface area (Å²) in [5.74, 6) is 0.644. The molecule has 0 bridgehead atoms. The van der Waals surface area contributed by atoms with Gasteiger partial charge in [0.2, 0.25) is 5.91 Å². The number of piperidine rings is 1. The van der Waals surface area contributed by atoms with Crippen molar-refractivity contribution in [2.45, 2.75) is 38.5 Å². The molecule has 0 aliphatic carbocycles. The number of rotatable bonds is 9. The third kappa shape index (κ3) is 6.21. The molecule has 0 saturated carbocycles. The lowest BCUT2D eigenvalue weighted by atomic mass is 9.89. The number of fused-ring (bicyclic) bond motifs is 3. The topological polar surface area (TPSA) is 87.5 Å². The van der Waals surface area contributed by atoms with E-state index in [2.05, 4.69) is 44.8 Å². The van der Waals surface area contributed by atoms with Gasteiger partial charge in [0.05, 0.1) is 0 Å². The standard InChI is InChI=1S/C35H36N4O3/c1-24(40)38-29-8-6-7-27(21-29)25-13-19-39(20-14-25)18-5-4-15-37-35(41)33-23-28-22-32(26-11-16-36-17-12-26)30-9-2-3-10-31(30)34(28)42-33/h2-3,6-12,16-17,21-23,25H,4-5,13-15,18-20H2,1H3,(H,37,41)(H,38,40). The molecule has 0 spiro atoms. The minimum atomic E-state index is -0.178. The number of nitrogens with zero attached hydrogens (tertiary/aromatic N) is 2. The van der Waals surface area contributed by atoms with Crippen molar-refractivity contribution >= 4 is 39.2 Å². The van der Waals surface area contributed by atoms with E-state index in [1.54, 1.807) is 12.4 Å². The highest BCUT2D eigenvalue weighted by Gasteiger charge is 2.21. The lowest BCUT2D eigenvalue weighted by molar-refractivity contribution is -0.114. The van der Waals surface area contributed by atoms with E-state index in [0.717, 1.165) is 83.9 Å². The number of hydrogen-bond donors (Lipinski definition) is 2. The molecule has 6 rings (SSSR count). The first-order valence-electron chi connectivity index (χ1n) is 14.8. The summed E-state index contributed by atoms with van der Waals surface area (Å²) in [5, 5.41) is 8.92. The first-order chi connectivity index (χ1) is 20.5. The van der Waals surface area contributed by atoms with Crippen LogP contribution in [-0.4, -0.2) is 47.9 Å². The molecule has 3 aromatic carbocycles. The summed E-state index contributed by atoms with van der Waals surface area (Å²) in [6.45, 7) is 5.32. The van der Waals surface area contributed by atoms with Crippen molar-refractivity contribution in [1.29, 1.82) is 0 Å². The van der Waals surface area contributed by atoms with E-state index in [1.807, 2.05) is 48.5 Å². The summed E-state index contributed by atoms with van der Waals surface area (Å²) in [6, 6.07) is 24.3. The van der Waals surface area contributed by atoms with Crippen molar-refractivity contribution in [2.24, 2.45) is 0 Å². The smallest absolute Gasteiger partial charge is 0.287 e. The molecule has 2 aromatic heterocycles. The van der Waals surface area contributed by atoms with Gasteiger partial charge in [-0.25, -0.2) is 0 Å². The summed E-state index contributed by atoms with van der Waals surface area (Å²) >= 11 is 0. The van der Waals surface area contributed by atoms with Gasteiger partial charge >= 0.3 is 0 Å². The van der Waals surface area contributed by atoms with Crippen molar-refractivity contribution in [3.05, 3.63) is 96.5 Å². The Kier molecular flexibility index (Phi) is 8.28. The molecule has 7 heteroatoms. The fraction of sp³-hybridized carbons (Fsp3) is 0.286. The van der Waals surface area contributed by atoms with Crippen LogP contribution in [0.5, 0.6) is 0 Å². The fourth-order valence-electron chi connectivity index (χ4n) is 6.07. The highest BCUT2D eigenvalue weighted by molar-refractivity contribution is 6.13. The maximum Gasteiger partial charge on any atom is 0.287 e. The Balaban J connectivity index is 0.999. The van der Waals surface area contributed by atoms with E-state index in [1.165, 1.54) is 12.5 Å². The highest BCUT2D eigenvalue weighted by Crippen LogP contribution is 2.36. The van der Waals surface area contributed by atoms with Crippen molar-refractivity contribution < 1.29 is 14.0 Å². The first-order valence-corrected chi connectivity index (χ1v) is 14.8. The SMILES string of the molecule is CC(=O)Nc1cccc(C2CCN(CCCCNC(=O)c3cc4cc(-c5ccncc5)c5ccccc5c4o3)CC2)c1. The molecule has 1 aliphatic heterocycles. The number of nitrogens with one attached hydrogen (secondary N) is 2. The van der Waals surface area contributed by atoms with E-state index in [4.69, 9.17) is 4.42 Å². The summed E-state index contributed by atoms with van der Waals surface area (Å²) in [4.78, 5) is 31.0. The van der Waals surface area contributed by atoms with Crippen LogP contribution in [0.3, 0.4) is 0 Å². The second-order valence-electron chi connectivity index (χ2n) is 11.1.